The van der Waals surface area contributed by atoms with E-state index >= 15 is 4.39 Å². The van der Waals surface area contributed by atoms with Gasteiger partial charge in [0.15, 0.2) is 11.6 Å². The average Bonchev–Trinajstić information content (AvgIpc) is 3.54. The van der Waals surface area contributed by atoms with Gasteiger partial charge in [0.1, 0.15) is 23.4 Å². The summed E-state index contributed by atoms with van der Waals surface area (Å²) in [6, 6.07) is 13.6. The molecule has 1 aliphatic carbocycles. The Morgan fingerprint density at radius 3 is 2.66 bits per heavy atom. The molecule has 0 spiro atoms. The SMILES string of the molecule is OC(Nc1cncc(-c2ncc3[nH]nc(-c4nc5c(-c6cccc(F)c6)cccc5[nH]4)c3c2F)c1)C1CC1. The van der Waals surface area contributed by atoms with E-state index in [2.05, 4.69) is 30.5 Å². The number of hydrogen-bond donors (Lipinski definition) is 4. The van der Waals surface area contributed by atoms with Gasteiger partial charge in [-0.05, 0) is 42.7 Å². The number of pyridine rings is 2. The summed E-state index contributed by atoms with van der Waals surface area (Å²) in [6.45, 7) is 0. The van der Waals surface area contributed by atoms with Gasteiger partial charge >= 0.3 is 0 Å². The van der Waals surface area contributed by atoms with Gasteiger partial charge in [0, 0.05) is 23.2 Å². The molecule has 4 N–H and O–H groups in total. The van der Waals surface area contributed by atoms with Crippen molar-refractivity contribution in [3.8, 4) is 33.9 Å². The number of hydrogen-bond acceptors (Lipinski definition) is 6. The van der Waals surface area contributed by atoms with Crippen molar-refractivity contribution < 1.29 is 13.9 Å². The maximum absolute atomic E-state index is 16.0. The first-order valence-electron chi connectivity index (χ1n) is 12.2. The van der Waals surface area contributed by atoms with Gasteiger partial charge in [0.25, 0.3) is 0 Å². The molecule has 8 nitrogen and oxygen atoms in total. The number of H-pyrrole nitrogens is 2. The molecule has 1 aliphatic rings. The van der Waals surface area contributed by atoms with E-state index in [0.717, 1.165) is 18.4 Å². The van der Waals surface area contributed by atoms with Crippen LogP contribution in [0.25, 0.3) is 55.8 Å². The highest BCUT2D eigenvalue weighted by atomic mass is 19.1. The van der Waals surface area contributed by atoms with Crippen molar-refractivity contribution in [2.75, 3.05) is 5.32 Å². The highest BCUT2D eigenvalue weighted by Crippen LogP contribution is 2.36. The first-order chi connectivity index (χ1) is 18.5. The maximum Gasteiger partial charge on any atom is 0.161 e. The quantitative estimate of drug-likeness (QED) is 0.216. The van der Waals surface area contributed by atoms with Crippen LogP contribution in [-0.2, 0) is 0 Å². The van der Waals surface area contributed by atoms with Crippen molar-refractivity contribution in [1.82, 2.24) is 30.1 Å². The van der Waals surface area contributed by atoms with Gasteiger partial charge in [-0.1, -0.05) is 24.3 Å². The van der Waals surface area contributed by atoms with Crippen LogP contribution in [0.1, 0.15) is 12.8 Å². The third-order valence-electron chi connectivity index (χ3n) is 6.81. The van der Waals surface area contributed by atoms with Crippen LogP contribution in [-0.4, -0.2) is 41.5 Å². The van der Waals surface area contributed by atoms with Crippen LogP contribution >= 0.6 is 0 Å². The van der Waals surface area contributed by atoms with Crippen LogP contribution in [0.3, 0.4) is 0 Å². The second-order valence-corrected chi connectivity index (χ2v) is 9.47. The summed E-state index contributed by atoms with van der Waals surface area (Å²) in [7, 11) is 0. The summed E-state index contributed by atoms with van der Waals surface area (Å²) in [5.41, 5.74) is 4.63. The number of aliphatic hydroxyl groups excluding tert-OH is 1. The number of fused-ring (bicyclic) bond motifs is 2. The van der Waals surface area contributed by atoms with Crippen molar-refractivity contribution in [3.05, 3.63) is 78.8 Å². The molecule has 1 unspecified atom stereocenters. The minimum atomic E-state index is -0.668. The Bertz CT molecular complexity index is 1830. The molecular formula is C28H21F2N7O. The van der Waals surface area contributed by atoms with Crippen molar-refractivity contribution in [3.63, 3.8) is 0 Å². The molecule has 0 aliphatic heterocycles. The second kappa shape index (κ2) is 8.70. The van der Waals surface area contributed by atoms with Gasteiger partial charge in [-0.2, -0.15) is 5.10 Å². The largest absolute Gasteiger partial charge is 0.374 e. The Kier molecular flexibility index (Phi) is 5.15. The van der Waals surface area contributed by atoms with Gasteiger partial charge in [-0.3, -0.25) is 15.1 Å². The second-order valence-electron chi connectivity index (χ2n) is 9.47. The Morgan fingerprint density at radius 2 is 1.82 bits per heavy atom. The molecule has 38 heavy (non-hydrogen) atoms. The Balaban J connectivity index is 1.31. The van der Waals surface area contributed by atoms with Crippen LogP contribution in [0, 0.1) is 17.6 Å². The molecule has 0 saturated heterocycles. The molecule has 0 radical (unpaired) electrons. The third-order valence-corrected chi connectivity index (χ3v) is 6.81. The molecule has 7 rings (SSSR count). The standard InChI is InChI=1S/C28H21F2N7O/c29-17-4-1-3-15(9-17)19-5-2-6-20-25(19)35-27(34-20)26-22-21(36-37-26)13-32-24(23(22)30)16-10-18(12-31-11-16)33-28(38)14-7-8-14/h1-6,9-14,28,33,38H,7-8H2,(H,34,35)(H,36,37). The number of nitrogens with zero attached hydrogens (tertiary/aromatic N) is 4. The highest BCUT2D eigenvalue weighted by molar-refractivity contribution is 5.98. The van der Waals surface area contributed by atoms with Crippen LogP contribution in [0.15, 0.2) is 67.1 Å². The number of imidazole rings is 1. The molecule has 2 aromatic carbocycles. The molecule has 4 heterocycles. The van der Waals surface area contributed by atoms with Crippen LogP contribution in [0.5, 0.6) is 0 Å². The molecule has 1 saturated carbocycles. The average molecular weight is 510 g/mol. The van der Waals surface area contributed by atoms with Crippen molar-refractivity contribution in [2.45, 2.75) is 19.1 Å². The molecule has 4 aromatic heterocycles. The predicted octanol–water partition coefficient (Wildman–Crippen LogP) is 5.65. The number of anilines is 1. The van der Waals surface area contributed by atoms with Gasteiger partial charge < -0.3 is 15.4 Å². The number of rotatable bonds is 6. The molecule has 0 bridgehead atoms. The van der Waals surface area contributed by atoms with E-state index in [0.29, 0.717) is 44.9 Å². The molecule has 188 valence electrons. The van der Waals surface area contributed by atoms with Crippen molar-refractivity contribution in [2.24, 2.45) is 5.92 Å². The number of aliphatic hydroxyl groups is 1. The molecular weight excluding hydrogens is 488 g/mol. The van der Waals surface area contributed by atoms with Gasteiger partial charge in [-0.25, -0.2) is 13.8 Å². The lowest BCUT2D eigenvalue weighted by Crippen LogP contribution is -2.20. The summed E-state index contributed by atoms with van der Waals surface area (Å²) < 4.78 is 29.9. The Morgan fingerprint density at radius 1 is 0.947 bits per heavy atom. The van der Waals surface area contributed by atoms with Crippen LogP contribution in [0.2, 0.25) is 0 Å². The summed E-state index contributed by atoms with van der Waals surface area (Å²) in [5.74, 6) is -0.318. The maximum atomic E-state index is 16.0. The van der Waals surface area contributed by atoms with E-state index < -0.39 is 12.0 Å². The number of benzene rings is 2. The van der Waals surface area contributed by atoms with Gasteiger partial charge in [0.2, 0.25) is 0 Å². The van der Waals surface area contributed by atoms with E-state index in [9.17, 15) is 9.50 Å². The lowest BCUT2D eigenvalue weighted by molar-refractivity contribution is 0.180. The van der Waals surface area contributed by atoms with E-state index in [4.69, 9.17) is 4.98 Å². The Hall–Kier alpha value is -4.70. The van der Waals surface area contributed by atoms with E-state index in [1.807, 2.05) is 24.3 Å². The summed E-state index contributed by atoms with van der Waals surface area (Å²) >= 11 is 0. The normalized spacial score (nSPS) is 14.3. The summed E-state index contributed by atoms with van der Waals surface area (Å²) in [4.78, 5) is 16.5. The number of halogens is 2. The predicted molar refractivity (Wildman–Crippen MR) is 140 cm³/mol. The smallest absolute Gasteiger partial charge is 0.161 e. The molecule has 1 fully saturated rings. The molecule has 10 heteroatoms. The summed E-state index contributed by atoms with van der Waals surface area (Å²) in [5, 5.41) is 20.7. The fourth-order valence-corrected chi connectivity index (χ4v) is 4.73. The van der Waals surface area contributed by atoms with E-state index in [1.165, 1.54) is 24.5 Å². The fraction of sp³-hybridized carbons (Fsp3) is 0.143. The zero-order valence-electron chi connectivity index (χ0n) is 19.9. The van der Waals surface area contributed by atoms with Crippen LogP contribution in [0.4, 0.5) is 14.5 Å². The first-order valence-corrected chi connectivity index (χ1v) is 12.2. The fourth-order valence-electron chi connectivity index (χ4n) is 4.73. The van der Waals surface area contributed by atoms with Gasteiger partial charge in [0.05, 0.1) is 40.0 Å². The van der Waals surface area contributed by atoms with E-state index in [-0.39, 0.29) is 22.8 Å². The minimum Gasteiger partial charge on any atom is -0.374 e. The number of aromatic nitrogens is 6. The lowest BCUT2D eigenvalue weighted by atomic mass is 10.0. The number of nitrogens with one attached hydrogen (secondary N) is 3. The van der Waals surface area contributed by atoms with Crippen molar-refractivity contribution in [1.29, 1.82) is 0 Å². The lowest BCUT2D eigenvalue weighted by Gasteiger charge is -2.13. The molecule has 1 atom stereocenters. The molecule has 0 amide bonds. The number of aromatic amines is 2. The highest BCUT2D eigenvalue weighted by Gasteiger charge is 2.30. The zero-order valence-corrected chi connectivity index (χ0v) is 19.9. The topological polar surface area (TPSA) is 115 Å². The van der Waals surface area contributed by atoms with Crippen LogP contribution < -0.4 is 5.32 Å². The van der Waals surface area contributed by atoms with Crippen molar-refractivity contribution >= 4 is 27.6 Å². The number of para-hydroxylation sites is 1. The monoisotopic (exact) mass is 509 g/mol. The zero-order chi connectivity index (χ0) is 25.8. The first kappa shape index (κ1) is 22.5. The third kappa shape index (κ3) is 3.86. The molecule has 6 aromatic rings. The van der Waals surface area contributed by atoms with Gasteiger partial charge in [-0.15, -0.1) is 0 Å². The van der Waals surface area contributed by atoms with E-state index in [1.54, 1.807) is 18.3 Å². The summed E-state index contributed by atoms with van der Waals surface area (Å²) in [6.07, 6.45) is 5.91. The Labute approximate surface area is 214 Å². The minimum absolute atomic E-state index is 0.105.